The minimum Gasteiger partial charge on any atom is -0.494 e. The van der Waals surface area contributed by atoms with Gasteiger partial charge in [-0.05, 0) is 50.2 Å². The first kappa shape index (κ1) is 17.6. The predicted molar refractivity (Wildman–Crippen MR) is 98.7 cm³/mol. The molecule has 0 amide bonds. The summed E-state index contributed by atoms with van der Waals surface area (Å²) in [5, 5.41) is 0.705. The van der Waals surface area contributed by atoms with Gasteiger partial charge in [0.2, 0.25) is 0 Å². The molecule has 0 N–H and O–H groups in total. The number of esters is 1. The Morgan fingerprint density at radius 2 is 1.77 bits per heavy atom. The molecule has 3 aromatic rings. The number of carbonyl (C=O) groups excluding carboxylic acids is 2. The second kappa shape index (κ2) is 7.78. The minimum atomic E-state index is -0.536. The highest BCUT2D eigenvalue weighted by molar-refractivity contribution is 6.05. The zero-order chi connectivity index (χ0) is 18.5. The zero-order valence-corrected chi connectivity index (χ0v) is 14.7. The van der Waals surface area contributed by atoms with Crippen molar-refractivity contribution < 1.29 is 19.1 Å². The average molecular weight is 349 g/mol. The van der Waals surface area contributed by atoms with Gasteiger partial charge in [-0.15, -0.1) is 0 Å². The quantitative estimate of drug-likeness (QED) is 0.497. The largest absolute Gasteiger partial charge is 0.494 e. The molecule has 0 aliphatic carbocycles. The highest BCUT2D eigenvalue weighted by atomic mass is 16.5. The summed E-state index contributed by atoms with van der Waals surface area (Å²) in [4.78, 5) is 29.1. The van der Waals surface area contributed by atoms with E-state index in [4.69, 9.17) is 9.47 Å². The second-order valence-corrected chi connectivity index (χ2v) is 5.79. The van der Waals surface area contributed by atoms with Crippen LogP contribution in [0.1, 0.15) is 33.3 Å². The number of Topliss-reactive ketones (excluding diaryl/α,β-unsaturated/α-hetero) is 1. The molecule has 2 aromatic carbocycles. The fraction of sp³-hybridized carbons (Fsp3) is 0.190. The molecular formula is C21H19NO4. The number of ether oxygens (including phenoxy) is 2. The molecule has 0 saturated heterocycles. The third-order valence-electron chi connectivity index (χ3n) is 3.89. The van der Waals surface area contributed by atoms with E-state index >= 15 is 0 Å². The lowest BCUT2D eigenvalue weighted by Gasteiger charge is -2.08. The number of pyridine rings is 1. The maximum Gasteiger partial charge on any atom is 0.339 e. The highest BCUT2D eigenvalue weighted by Crippen LogP contribution is 2.19. The number of aromatic nitrogens is 1. The molecule has 0 fully saturated rings. The first-order valence-electron chi connectivity index (χ1n) is 8.38. The molecule has 0 atom stereocenters. The minimum absolute atomic E-state index is 0.267. The molecule has 3 rings (SSSR count). The van der Waals surface area contributed by atoms with Gasteiger partial charge in [-0.25, -0.2) is 4.79 Å². The first-order chi connectivity index (χ1) is 12.6. The van der Waals surface area contributed by atoms with Crippen LogP contribution in [0.15, 0.2) is 54.6 Å². The molecule has 26 heavy (non-hydrogen) atoms. The topological polar surface area (TPSA) is 65.5 Å². The van der Waals surface area contributed by atoms with Crippen molar-refractivity contribution in [3.05, 3.63) is 71.4 Å². The number of carbonyl (C=O) groups is 2. The number of benzene rings is 2. The number of rotatable bonds is 6. The van der Waals surface area contributed by atoms with Crippen LogP contribution in [0.5, 0.6) is 5.75 Å². The lowest BCUT2D eigenvalue weighted by Crippen LogP contribution is -2.15. The normalized spacial score (nSPS) is 10.5. The predicted octanol–water partition coefficient (Wildman–Crippen LogP) is 3.98. The lowest BCUT2D eigenvalue weighted by atomic mass is 10.1. The van der Waals surface area contributed by atoms with Crippen LogP contribution in [0.4, 0.5) is 0 Å². The summed E-state index contributed by atoms with van der Waals surface area (Å²) in [6.07, 6.45) is 0. The Morgan fingerprint density at radius 1 is 1.04 bits per heavy atom. The lowest BCUT2D eigenvalue weighted by molar-refractivity contribution is 0.0476. The molecule has 132 valence electrons. The smallest absolute Gasteiger partial charge is 0.339 e. The summed E-state index contributed by atoms with van der Waals surface area (Å²) in [6, 6.07) is 15.8. The fourth-order valence-electron chi connectivity index (χ4n) is 2.67. The van der Waals surface area contributed by atoms with Crippen molar-refractivity contribution in [1.29, 1.82) is 0 Å². The number of hydrogen-bond donors (Lipinski definition) is 0. The third-order valence-corrected chi connectivity index (χ3v) is 3.89. The van der Waals surface area contributed by atoms with E-state index in [0.717, 1.165) is 5.52 Å². The average Bonchev–Trinajstić information content (AvgIpc) is 2.66. The molecule has 0 spiro atoms. The van der Waals surface area contributed by atoms with E-state index in [0.29, 0.717) is 34.6 Å². The molecule has 1 heterocycles. The number of hydrogen-bond acceptors (Lipinski definition) is 5. The van der Waals surface area contributed by atoms with Crippen molar-refractivity contribution in [2.45, 2.75) is 13.8 Å². The van der Waals surface area contributed by atoms with E-state index in [-0.39, 0.29) is 12.4 Å². The van der Waals surface area contributed by atoms with Crippen LogP contribution in [-0.4, -0.2) is 30.0 Å². The van der Waals surface area contributed by atoms with Crippen LogP contribution < -0.4 is 4.74 Å². The van der Waals surface area contributed by atoms with Gasteiger partial charge in [0.1, 0.15) is 5.75 Å². The molecule has 0 aliphatic heterocycles. The van der Waals surface area contributed by atoms with Gasteiger partial charge in [0.15, 0.2) is 12.4 Å². The molecule has 0 saturated carbocycles. The van der Waals surface area contributed by atoms with Crippen LogP contribution in [0.25, 0.3) is 10.9 Å². The van der Waals surface area contributed by atoms with Gasteiger partial charge in [-0.2, -0.15) is 0 Å². The Labute approximate surface area is 151 Å². The van der Waals surface area contributed by atoms with Gasteiger partial charge in [-0.3, -0.25) is 9.78 Å². The van der Waals surface area contributed by atoms with Crippen LogP contribution in [0, 0.1) is 6.92 Å². The summed E-state index contributed by atoms with van der Waals surface area (Å²) in [5.74, 6) is -0.109. The van der Waals surface area contributed by atoms with Gasteiger partial charge in [0, 0.05) is 16.6 Å². The zero-order valence-electron chi connectivity index (χ0n) is 14.7. The van der Waals surface area contributed by atoms with Crippen molar-refractivity contribution in [3.63, 3.8) is 0 Å². The third kappa shape index (κ3) is 3.88. The highest BCUT2D eigenvalue weighted by Gasteiger charge is 2.15. The molecule has 5 heteroatoms. The second-order valence-electron chi connectivity index (χ2n) is 5.79. The van der Waals surface area contributed by atoms with Gasteiger partial charge >= 0.3 is 5.97 Å². The fourth-order valence-corrected chi connectivity index (χ4v) is 2.67. The van der Waals surface area contributed by atoms with Gasteiger partial charge < -0.3 is 9.47 Å². The number of para-hydroxylation sites is 1. The van der Waals surface area contributed by atoms with E-state index in [1.165, 1.54) is 0 Å². The van der Waals surface area contributed by atoms with Crippen molar-refractivity contribution in [1.82, 2.24) is 4.98 Å². The molecule has 0 radical (unpaired) electrons. The van der Waals surface area contributed by atoms with Crippen LogP contribution >= 0.6 is 0 Å². The van der Waals surface area contributed by atoms with Gasteiger partial charge in [0.05, 0.1) is 17.7 Å². The van der Waals surface area contributed by atoms with E-state index < -0.39 is 5.97 Å². The Bertz CT molecular complexity index is 948. The Hall–Kier alpha value is -3.21. The Morgan fingerprint density at radius 3 is 2.50 bits per heavy atom. The SMILES string of the molecule is CCOc1ccc(C(=O)COC(=O)c2cc(C)nc3ccccc23)cc1. The number of fused-ring (bicyclic) bond motifs is 1. The van der Waals surface area contributed by atoms with E-state index in [1.54, 1.807) is 30.3 Å². The van der Waals surface area contributed by atoms with Gasteiger partial charge in [0.25, 0.3) is 0 Å². The summed E-state index contributed by atoms with van der Waals surface area (Å²) in [7, 11) is 0. The molecule has 1 aromatic heterocycles. The van der Waals surface area contributed by atoms with Gasteiger partial charge in [-0.1, -0.05) is 18.2 Å². The molecule has 0 unspecified atom stereocenters. The number of ketones is 1. The van der Waals surface area contributed by atoms with Crippen molar-refractivity contribution in [2.75, 3.05) is 13.2 Å². The van der Waals surface area contributed by atoms with Crippen LogP contribution in [0.3, 0.4) is 0 Å². The maximum atomic E-state index is 12.5. The van der Waals surface area contributed by atoms with Crippen LogP contribution in [0.2, 0.25) is 0 Å². The molecule has 0 aliphatic rings. The summed E-state index contributed by atoms with van der Waals surface area (Å²) in [5.41, 5.74) is 2.32. The summed E-state index contributed by atoms with van der Waals surface area (Å²) in [6.45, 7) is 3.95. The van der Waals surface area contributed by atoms with Crippen molar-refractivity contribution >= 4 is 22.7 Å². The Kier molecular flexibility index (Phi) is 5.27. The molecule has 5 nitrogen and oxygen atoms in total. The first-order valence-corrected chi connectivity index (χ1v) is 8.38. The summed E-state index contributed by atoms with van der Waals surface area (Å²) >= 11 is 0. The number of aryl methyl sites for hydroxylation is 1. The summed E-state index contributed by atoms with van der Waals surface area (Å²) < 4.78 is 10.6. The molecular weight excluding hydrogens is 330 g/mol. The van der Waals surface area contributed by atoms with E-state index in [2.05, 4.69) is 4.98 Å². The van der Waals surface area contributed by atoms with E-state index in [1.807, 2.05) is 38.1 Å². The van der Waals surface area contributed by atoms with E-state index in [9.17, 15) is 9.59 Å². The standard InChI is InChI=1S/C21H19NO4/c1-3-25-16-10-8-15(9-11-16)20(23)13-26-21(24)18-12-14(2)22-19-7-5-4-6-17(18)19/h4-12H,3,13H2,1-2H3. The van der Waals surface area contributed by atoms with Crippen molar-refractivity contribution in [3.8, 4) is 5.75 Å². The van der Waals surface area contributed by atoms with Crippen LogP contribution in [-0.2, 0) is 4.74 Å². The molecule has 0 bridgehead atoms. The van der Waals surface area contributed by atoms with Crippen molar-refractivity contribution in [2.24, 2.45) is 0 Å². The Balaban J connectivity index is 1.72. The maximum absolute atomic E-state index is 12.5. The monoisotopic (exact) mass is 349 g/mol. The number of nitrogens with zero attached hydrogens (tertiary/aromatic N) is 1.